The van der Waals surface area contributed by atoms with Crippen LogP contribution >= 0.6 is 0 Å². The molecule has 0 aliphatic heterocycles. The molecule has 0 saturated heterocycles. The van der Waals surface area contributed by atoms with Gasteiger partial charge in [-0.1, -0.05) is 5.10 Å². The predicted molar refractivity (Wildman–Crippen MR) is 27.7 cm³/mol. The van der Waals surface area contributed by atoms with E-state index in [1.807, 2.05) is 0 Å². The third kappa shape index (κ3) is 0.781. The molecule has 0 aromatic carbocycles. The highest BCUT2D eigenvalue weighted by Crippen LogP contribution is 1.91. The fraction of sp³-hybridized carbons (Fsp3) is 0. The first-order chi connectivity index (χ1) is 5.38. The third-order valence-electron chi connectivity index (χ3n) is 0.992. The van der Waals surface area contributed by atoms with Crippen molar-refractivity contribution in [1.29, 1.82) is 0 Å². The molecule has 2 heterocycles. The maximum Gasteiger partial charge on any atom is 0.310 e. The zero-order chi connectivity index (χ0) is 7.68. The lowest BCUT2D eigenvalue weighted by atomic mass is 11.0. The molecule has 9 nitrogen and oxygen atoms in total. The molecule has 0 bridgehead atoms. The van der Waals surface area contributed by atoms with E-state index < -0.39 is 0 Å². The van der Waals surface area contributed by atoms with Crippen molar-refractivity contribution in [2.75, 3.05) is 0 Å². The van der Waals surface area contributed by atoms with Crippen molar-refractivity contribution in [2.45, 2.75) is 0 Å². The van der Waals surface area contributed by atoms with E-state index >= 15 is 0 Å². The fourth-order valence-electron chi connectivity index (χ4n) is 0.568. The molecule has 56 valence electrons. The van der Waals surface area contributed by atoms with Gasteiger partial charge in [0.05, 0.1) is 0 Å². The Bertz CT molecular complexity index is 335. The number of rotatable bonds is 1. The van der Waals surface area contributed by atoms with E-state index in [0.717, 1.165) is 4.68 Å². The Morgan fingerprint density at radius 3 is 2.73 bits per heavy atom. The van der Waals surface area contributed by atoms with Crippen LogP contribution in [0.2, 0.25) is 0 Å². The second-order valence-corrected chi connectivity index (χ2v) is 1.62. The van der Waals surface area contributed by atoms with Crippen molar-refractivity contribution in [3.8, 4) is 5.95 Å². The summed E-state index contributed by atoms with van der Waals surface area (Å²) >= 11 is 0. The van der Waals surface area contributed by atoms with Crippen LogP contribution < -0.4 is 0 Å². The summed E-state index contributed by atoms with van der Waals surface area (Å²) in [6.07, 6.45) is 1.26. The highest BCUT2D eigenvalue weighted by atomic mass is 16.5. The first-order valence-corrected chi connectivity index (χ1v) is 2.59. The van der Waals surface area contributed by atoms with Gasteiger partial charge in [-0.25, -0.2) is 0 Å². The van der Waals surface area contributed by atoms with Crippen molar-refractivity contribution < 1.29 is 5.21 Å². The van der Waals surface area contributed by atoms with Crippen LogP contribution in [0.4, 0.5) is 0 Å². The molecule has 0 radical (unpaired) electrons. The third-order valence-corrected chi connectivity index (χ3v) is 0.992. The minimum absolute atomic E-state index is 0.0370. The Kier molecular flexibility index (Phi) is 1.02. The van der Waals surface area contributed by atoms with Gasteiger partial charge in [-0.3, -0.25) is 0 Å². The van der Waals surface area contributed by atoms with E-state index in [1.54, 1.807) is 0 Å². The van der Waals surface area contributed by atoms with E-state index in [9.17, 15) is 0 Å². The lowest BCUT2D eigenvalue weighted by Crippen LogP contribution is -2.05. The molecule has 0 amide bonds. The number of hydrogen-bond acceptors (Lipinski definition) is 7. The van der Waals surface area contributed by atoms with Gasteiger partial charge in [0.15, 0.2) is 0 Å². The summed E-state index contributed by atoms with van der Waals surface area (Å²) in [5, 5.41) is 28.8. The van der Waals surface area contributed by atoms with Crippen LogP contribution in [-0.4, -0.2) is 45.8 Å². The normalized spacial score (nSPS) is 10.2. The van der Waals surface area contributed by atoms with Gasteiger partial charge in [-0.15, -0.1) is 5.10 Å². The van der Waals surface area contributed by atoms with Crippen molar-refractivity contribution in [1.82, 2.24) is 40.6 Å². The lowest BCUT2D eigenvalue weighted by molar-refractivity contribution is 0.140. The highest BCUT2D eigenvalue weighted by molar-refractivity contribution is 4.98. The van der Waals surface area contributed by atoms with E-state index in [1.165, 1.54) is 6.33 Å². The second kappa shape index (κ2) is 1.97. The molecule has 0 unspecified atom stereocenters. The second-order valence-electron chi connectivity index (χ2n) is 1.62. The van der Waals surface area contributed by atoms with Crippen LogP contribution in [0.5, 0.6) is 0 Å². The molecule has 2 rings (SSSR count). The molecule has 11 heavy (non-hydrogen) atoms. The van der Waals surface area contributed by atoms with Crippen LogP contribution in [0, 0.1) is 0 Å². The molecule has 2 aromatic rings. The first kappa shape index (κ1) is 5.70. The van der Waals surface area contributed by atoms with Crippen molar-refractivity contribution in [3.63, 3.8) is 0 Å². The lowest BCUT2D eigenvalue weighted by Gasteiger charge is -1.90. The standard InChI is InChI=1S/C2H2N8O/c11-10-2(4-6-8-10)9-1-3-5-7-9/h1,11H. The number of nitrogens with zero attached hydrogens (tertiary/aromatic N) is 8. The monoisotopic (exact) mass is 154 g/mol. The van der Waals surface area contributed by atoms with Gasteiger partial charge < -0.3 is 5.21 Å². The van der Waals surface area contributed by atoms with Crippen molar-refractivity contribution >= 4 is 0 Å². The molecule has 0 spiro atoms. The summed E-state index contributed by atoms with van der Waals surface area (Å²) in [5.74, 6) is 0.0370. The zero-order valence-electron chi connectivity index (χ0n) is 5.10. The maximum absolute atomic E-state index is 8.89. The van der Waals surface area contributed by atoms with Crippen LogP contribution in [-0.2, 0) is 0 Å². The molecule has 0 aliphatic rings. The summed E-state index contributed by atoms with van der Waals surface area (Å²) < 4.78 is 1.12. The van der Waals surface area contributed by atoms with E-state index in [4.69, 9.17) is 5.21 Å². The quantitative estimate of drug-likeness (QED) is 0.468. The molecule has 9 heteroatoms. The Morgan fingerprint density at radius 1 is 1.27 bits per heavy atom. The number of hydrogen-bond donors (Lipinski definition) is 1. The fourth-order valence-corrected chi connectivity index (χ4v) is 0.568. The molecule has 2 aromatic heterocycles. The largest absolute Gasteiger partial charge is 0.407 e. The summed E-state index contributed by atoms with van der Waals surface area (Å²) in [6.45, 7) is 0. The molecule has 0 fully saturated rings. The van der Waals surface area contributed by atoms with Gasteiger partial charge in [0.1, 0.15) is 6.33 Å². The Labute approximate surface area is 59.2 Å². The predicted octanol–water partition coefficient (Wildman–Crippen LogP) is -2.11. The van der Waals surface area contributed by atoms with Crippen LogP contribution in [0.25, 0.3) is 5.95 Å². The molecule has 1 N–H and O–H groups in total. The molecular weight excluding hydrogens is 152 g/mol. The SMILES string of the molecule is On1nnnc1-n1cnnn1. The molecule has 0 aliphatic carbocycles. The Balaban J connectivity index is 2.53. The van der Waals surface area contributed by atoms with Gasteiger partial charge >= 0.3 is 5.95 Å². The Hall–Kier alpha value is -2.06. The highest BCUT2D eigenvalue weighted by Gasteiger charge is 2.06. The zero-order valence-corrected chi connectivity index (χ0v) is 5.10. The maximum atomic E-state index is 8.89. The van der Waals surface area contributed by atoms with E-state index in [2.05, 4.69) is 31.1 Å². The molecular formula is C2H2N8O. The van der Waals surface area contributed by atoms with Gasteiger partial charge in [0, 0.05) is 0 Å². The summed E-state index contributed by atoms with van der Waals surface area (Å²) in [5.41, 5.74) is 0. The van der Waals surface area contributed by atoms with Crippen LogP contribution in [0.3, 0.4) is 0 Å². The number of aromatic nitrogens is 8. The summed E-state index contributed by atoms with van der Waals surface area (Å²) in [6, 6.07) is 0. The van der Waals surface area contributed by atoms with Crippen molar-refractivity contribution in [2.24, 2.45) is 0 Å². The topological polar surface area (TPSA) is 107 Å². The number of tetrazole rings is 2. The first-order valence-electron chi connectivity index (χ1n) is 2.59. The minimum atomic E-state index is 0.0370. The van der Waals surface area contributed by atoms with E-state index in [-0.39, 0.29) is 5.95 Å². The van der Waals surface area contributed by atoms with Crippen LogP contribution in [0.1, 0.15) is 0 Å². The van der Waals surface area contributed by atoms with Crippen LogP contribution in [0.15, 0.2) is 6.33 Å². The Morgan fingerprint density at radius 2 is 2.18 bits per heavy atom. The van der Waals surface area contributed by atoms with Gasteiger partial charge in [0.2, 0.25) is 0 Å². The smallest absolute Gasteiger partial charge is 0.310 e. The van der Waals surface area contributed by atoms with Gasteiger partial charge in [-0.2, -0.15) is 4.68 Å². The van der Waals surface area contributed by atoms with Gasteiger partial charge in [-0.05, 0) is 25.7 Å². The average Bonchev–Trinajstić information content (AvgIpc) is 2.55. The van der Waals surface area contributed by atoms with E-state index in [0.29, 0.717) is 4.85 Å². The molecule has 0 saturated carbocycles. The summed E-state index contributed by atoms with van der Waals surface area (Å²) in [4.78, 5) is 0.469. The average molecular weight is 154 g/mol. The van der Waals surface area contributed by atoms with Gasteiger partial charge in [0.25, 0.3) is 0 Å². The summed E-state index contributed by atoms with van der Waals surface area (Å²) in [7, 11) is 0. The minimum Gasteiger partial charge on any atom is -0.407 e. The molecule has 0 atom stereocenters. The van der Waals surface area contributed by atoms with Crippen molar-refractivity contribution in [3.05, 3.63) is 6.33 Å².